The lowest BCUT2D eigenvalue weighted by Crippen LogP contribution is -2.43. The first kappa shape index (κ1) is 11.2. The van der Waals surface area contributed by atoms with E-state index in [4.69, 9.17) is 4.74 Å². The Morgan fingerprint density at radius 1 is 1.44 bits per heavy atom. The van der Waals surface area contributed by atoms with Gasteiger partial charge in [0.2, 0.25) is 0 Å². The van der Waals surface area contributed by atoms with E-state index in [1.165, 1.54) is 4.90 Å². The highest BCUT2D eigenvalue weighted by Gasteiger charge is 2.50. The molecular formula is C11H17NO4. The molecule has 1 aliphatic heterocycles. The second kappa shape index (κ2) is 4.31. The van der Waals surface area contributed by atoms with Gasteiger partial charge < -0.3 is 9.84 Å². The van der Waals surface area contributed by atoms with E-state index in [2.05, 4.69) is 0 Å². The number of likely N-dealkylation sites (tertiary alicyclic amines) is 1. The maximum Gasteiger partial charge on any atom is 0.410 e. The molecule has 0 bridgehead atoms. The maximum atomic E-state index is 11.6. The normalized spacial score (nSPS) is 32.6. The lowest BCUT2D eigenvalue weighted by molar-refractivity contribution is -0.143. The van der Waals surface area contributed by atoms with Crippen LogP contribution < -0.4 is 0 Å². The number of amides is 1. The zero-order valence-corrected chi connectivity index (χ0v) is 9.39. The molecule has 1 N–H and O–H groups in total. The highest BCUT2D eigenvalue weighted by molar-refractivity contribution is 5.81. The van der Waals surface area contributed by atoms with Gasteiger partial charge in [-0.15, -0.1) is 0 Å². The molecule has 2 aliphatic rings. The number of carbonyl (C=O) groups is 2. The summed E-state index contributed by atoms with van der Waals surface area (Å²) in [6, 6.07) is -0.674. The van der Waals surface area contributed by atoms with E-state index in [0.29, 0.717) is 12.5 Å². The lowest BCUT2D eigenvalue weighted by Gasteiger charge is -2.23. The van der Waals surface area contributed by atoms with Crippen LogP contribution in [0.2, 0.25) is 0 Å². The van der Waals surface area contributed by atoms with Gasteiger partial charge >= 0.3 is 12.1 Å². The van der Waals surface area contributed by atoms with Gasteiger partial charge in [-0.3, -0.25) is 4.90 Å². The number of ether oxygens (including phenoxy) is 1. The van der Waals surface area contributed by atoms with Crippen molar-refractivity contribution < 1.29 is 19.4 Å². The molecule has 1 amide bonds. The van der Waals surface area contributed by atoms with Crippen LogP contribution in [0, 0.1) is 11.8 Å². The third kappa shape index (κ3) is 1.74. The topological polar surface area (TPSA) is 66.8 Å². The van der Waals surface area contributed by atoms with Crippen molar-refractivity contribution in [3.8, 4) is 0 Å². The summed E-state index contributed by atoms with van der Waals surface area (Å²) in [4.78, 5) is 24.2. The number of carboxylic acids is 1. The van der Waals surface area contributed by atoms with Crippen LogP contribution in [0.25, 0.3) is 0 Å². The average molecular weight is 227 g/mol. The number of carbonyl (C=O) groups excluding carboxylic acids is 1. The molecule has 0 aromatic heterocycles. The maximum absolute atomic E-state index is 11.6. The van der Waals surface area contributed by atoms with Crippen molar-refractivity contribution in [3.05, 3.63) is 0 Å². The molecule has 2 rings (SSSR count). The summed E-state index contributed by atoms with van der Waals surface area (Å²) >= 11 is 0. The van der Waals surface area contributed by atoms with Gasteiger partial charge in [-0.1, -0.05) is 6.42 Å². The van der Waals surface area contributed by atoms with Crippen molar-refractivity contribution in [1.82, 2.24) is 4.90 Å². The lowest BCUT2D eigenvalue weighted by atomic mass is 9.94. The zero-order valence-electron chi connectivity index (χ0n) is 9.39. The zero-order chi connectivity index (χ0) is 11.7. The Hall–Kier alpha value is -1.26. The minimum absolute atomic E-state index is 0.127. The molecule has 0 aromatic carbocycles. The third-order valence-corrected chi connectivity index (χ3v) is 3.65. The first-order valence-electron chi connectivity index (χ1n) is 5.81. The van der Waals surface area contributed by atoms with Gasteiger partial charge in [0, 0.05) is 6.54 Å². The number of rotatable bonds is 2. The van der Waals surface area contributed by atoms with E-state index in [-0.39, 0.29) is 12.5 Å². The molecular weight excluding hydrogens is 210 g/mol. The minimum Gasteiger partial charge on any atom is -0.480 e. The van der Waals surface area contributed by atoms with E-state index >= 15 is 0 Å². The van der Waals surface area contributed by atoms with E-state index in [0.717, 1.165) is 19.3 Å². The first-order valence-corrected chi connectivity index (χ1v) is 5.81. The van der Waals surface area contributed by atoms with Gasteiger partial charge in [-0.25, -0.2) is 9.59 Å². The minimum atomic E-state index is -0.901. The Kier molecular flexibility index (Phi) is 3.03. The standard InChI is InChI=1S/C11H17NO4/c1-2-16-11(15)12-6-7-4-3-5-8(7)9(12)10(13)14/h7-9H,2-6H2,1H3,(H,13,14)/t7-,8-,9-/m0/s1. The predicted molar refractivity (Wildman–Crippen MR) is 56.0 cm³/mol. The molecule has 90 valence electrons. The molecule has 0 radical (unpaired) electrons. The van der Waals surface area contributed by atoms with Crippen LogP contribution in [0.1, 0.15) is 26.2 Å². The molecule has 3 atom stereocenters. The molecule has 1 saturated heterocycles. The summed E-state index contributed by atoms with van der Waals surface area (Å²) in [7, 11) is 0. The summed E-state index contributed by atoms with van der Waals surface area (Å²) in [5.74, 6) is -0.421. The smallest absolute Gasteiger partial charge is 0.410 e. The molecule has 5 nitrogen and oxygen atoms in total. The molecule has 1 aliphatic carbocycles. The summed E-state index contributed by atoms with van der Waals surface area (Å²) < 4.78 is 4.90. The van der Waals surface area contributed by atoms with E-state index in [1.807, 2.05) is 0 Å². The van der Waals surface area contributed by atoms with Crippen molar-refractivity contribution in [2.75, 3.05) is 13.2 Å². The highest BCUT2D eigenvalue weighted by Crippen LogP contribution is 2.42. The molecule has 2 fully saturated rings. The fourth-order valence-electron chi connectivity index (χ4n) is 3.02. The molecule has 1 saturated carbocycles. The van der Waals surface area contributed by atoms with Gasteiger partial charge in [-0.05, 0) is 31.6 Å². The molecule has 16 heavy (non-hydrogen) atoms. The van der Waals surface area contributed by atoms with Gasteiger partial charge in [0.05, 0.1) is 6.61 Å². The highest BCUT2D eigenvalue weighted by atomic mass is 16.6. The van der Waals surface area contributed by atoms with Crippen LogP contribution in [0.5, 0.6) is 0 Å². The Morgan fingerprint density at radius 3 is 2.81 bits per heavy atom. The van der Waals surface area contributed by atoms with Gasteiger partial charge in [0.25, 0.3) is 0 Å². The van der Waals surface area contributed by atoms with Crippen molar-refractivity contribution in [3.63, 3.8) is 0 Å². The van der Waals surface area contributed by atoms with Crippen molar-refractivity contribution >= 4 is 12.1 Å². The molecule has 0 spiro atoms. The largest absolute Gasteiger partial charge is 0.480 e. The monoisotopic (exact) mass is 227 g/mol. The first-order chi connectivity index (χ1) is 7.65. The number of aliphatic carboxylic acids is 1. The van der Waals surface area contributed by atoms with Crippen LogP contribution in [0.3, 0.4) is 0 Å². The summed E-state index contributed by atoms with van der Waals surface area (Å²) in [6.07, 6.45) is 2.54. The fraction of sp³-hybridized carbons (Fsp3) is 0.818. The molecule has 0 unspecified atom stereocenters. The quantitative estimate of drug-likeness (QED) is 0.772. The summed E-state index contributed by atoms with van der Waals surface area (Å²) in [6.45, 7) is 2.56. The van der Waals surface area contributed by atoms with E-state index in [1.54, 1.807) is 6.92 Å². The van der Waals surface area contributed by atoms with Gasteiger partial charge in [-0.2, -0.15) is 0 Å². The third-order valence-electron chi connectivity index (χ3n) is 3.65. The van der Waals surface area contributed by atoms with Gasteiger partial charge in [0.1, 0.15) is 6.04 Å². The van der Waals surface area contributed by atoms with Crippen LogP contribution in [-0.4, -0.2) is 41.3 Å². The predicted octanol–water partition coefficient (Wildman–Crippen LogP) is 1.33. The second-order valence-corrected chi connectivity index (χ2v) is 4.49. The number of nitrogens with zero attached hydrogens (tertiary/aromatic N) is 1. The Labute approximate surface area is 94.4 Å². The van der Waals surface area contributed by atoms with Crippen LogP contribution >= 0.6 is 0 Å². The van der Waals surface area contributed by atoms with Crippen molar-refractivity contribution in [2.24, 2.45) is 11.8 Å². The number of hydrogen-bond acceptors (Lipinski definition) is 3. The van der Waals surface area contributed by atoms with Crippen molar-refractivity contribution in [1.29, 1.82) is 0 Å². The van der Waals surface area contributed by atoms with E-state index in [9.17, 15) is 14.7 Å². The van der Waals surface area contributed by atoms with E-state index < -0.39 is 18.1 Å². The number of fused-ring (bicyclic) bond motifs is 1. The van der Waals surface area contributed by atoms with Crippen LogP contribution in [-0.2, 0) is 9.53 Å². The van der Waals surface area contributed by atoms with Crippen molar-refractivity contribution in [2.45, 2.75) is 32.2 Å². The molecule has 5 heteroatoms. The van der Waals surface area contributed by atoms with Gasteiger partial charge in [0.15, 0.2) is 0 Å². The second-order valence-electron chi connectivity index (χ2n) is 4.49. The average Bonchev–Trinajstić information content (AvgIpc) is 2.74. The fourth-order valence-corrected chi connectivity index (χ4v) is 3.02. The molecule has 1 heterocycles. The molecule has 0 aromatic rings. The Balaban J connectivity index is 2.13. The van der Waals surface area contributed by atoms with Crippen LogP contribution in [0.4, 0.5) is 4.79 Å². The number of carboxylic acid groups (broad SMARTS) is 1. The summed E-state index contributed by atoms with van der Waals surface area (Å²) in [5, 5.41) is 9.20. The summed E-state index contributed by atoms with van der Waals surface area (Å²) in [5.41, 5.74) is 0. The SMILES string of the molecule is CCOC(=O)N1C[C@@H]2CCC[C@@H]2[C@H]1C(=O)O. The van der Waals surface area contributed by atoms with Crippen LogP contribution in [0.15, 0.2) is 0 Å². The Morgan fingerprint density at radius 2 is 2.19 bits per heavy atom. The number of hydrogen-bond donors (Lipinski definition) is 1. The Bertz CT molecular complexity index is 304.